The zero-order valence-corrected chi connectivity index (χ0v) is 16.3. The van der Waals surface area contributed by atoms with E-state index in [2.05, 4.69) is 0 Å². The quantitative estimate of drug-likeness (QED) is 0.348. The molecule has 2 bridgehead atoms. The number of hydrogen-bond donors (Lipinski definition) is 1. The zero-order valence-electron chi connectivity index (χ0n) is 16.3. The average Bonchev–Trinajstić information content (AvgIpc) is 3.41. The molecule has 9 nitrogen and oxygen atoms in total. The molecule has 1 aromatic carbocycles. The normalized spacial score (nSPS) is 30.3. The summed E-state index contributed by atoms with van der Waals surface area (Å²) < 4.78 is 0. The fourth-order valence-electron chi connectivity index (χ4n) is 5.63. The van der Waals surface area contributed by atoms with E-state index in [-0.39, 0.29) is 58.7 Å². The number of imide groups is 1. The molecule has 2 saturated heterocycles. The van der Waals surface area contributed by atoms with Crippen molar-refractivity contribution < 1.29 is 19.3 Å². The van der Waals surface area contributed by atoms with Crippen LogP contribution in [-0.4, -0.2) is 35.7 Å². The molecule has 9 heteroatoms. The number of nitrogens with two attached hydrogens (primary N) is 1. The molecular weight excluding hydrogens is 388 g/mol. The number of rotatable bonds is 4. The molecule has 0 aromatic heterocycles. The zero-order chi connectivity index (χ0) is 21.2. The van der Waals surface area contributed by atoms with Gasteiger partial charge in [-0.25, -0.2) is 4.90 Å². The van der Waals surface area contributed by atoms with Gasteiger partial charge in [0, 0.05) is 25.1 Å². The van der Waals surface area contributed by atoms with E-state index in [0.29, 0.717) is 31.6 Å². The van der Waals surface area contributed by atoms with Crippen LogP contribution in [0.25, 0.3) is 0 Å². The number of nitrogens with zero attached hydrogens (tertiary/aromatic N) is 3. The van der Waals surface area contributed by atoms with E-state index in [9.17, 15) is 24.5 Å². The number of hydrogen-bond acceptors (Lipinski definition) is 6. The number of primary amides is 1. The highest BCUT2D eigenvalue weighted by Crippen LogP contribution is 2.53. The highest BCUT2D eigenvalue weighted by molar-refractivity contribution is 6.23. The summed E-state index contributed by atoms with van der Waals surface area (Å²) in [4.78, 5) is 51.7. The van der Waals surface area contributed by atoms with E-state index in [4.69, 9.17) is 5.73 Å². The molecule has 3 fully saturated rings. The molecule has 2 aliphatic carbocycles. The van der Waals surface area contributed by atoms with Crippen molar-refractivity contribution in [1.29, 1.82) is 0 Å². The smallest absolute Gasteiger partial charge is 0.294 e. The molecule has 4 atom stereocenters. The van der Waals surface area contributed by atoms with Crippen molar-refractivity contribution in [3.63, 3.8) is 0 Å². The lowest BCUT2D eigenvalue weighted by atomic mass is 9.85. The number of carbonyl (C=O) groups is 3. The Kier molecular flexibility index (Phi) is 4.16. The Labute approximate surface area is 172 Å². The van der Waals surface area contributed by atoms with Crippen LogP contribution in [0.15, 0.2) is 30.4 Å². The molecule has 2 heterocycles. The van der Waals surface area contributed by atoms with Crippen molar-refractivity contribution >= 4 is 34.8 Å². The first-order valence-electron chi connectivity index (χ1n) is 10.3. The number of fused-ring (bicyclic) bond motifs is 5. The van der Waals surface area contributed by atoms with Gasteiger partial charge in [0.15, 0.2) is 0 Å². The van der Waals surface area contributed by atoms with Crippen molar-refractivity contribution in [3.05, 3.63) is 40.5 Å². The minimum atomic E-state index is -0.490. The summed E-state index contributed by atoms with van der Waals surface area (Å²) in [6.45, 7) is 0.961. The fourth-order valence-corrected chi connectivity index (χ4v) is 5.63. The van der Waals surface area contributed by atoms with Crippen LogP contribution in [0.1, 0.15) is 19.3 Å². The monoisotopic (exact) mass is 410 g/mol. The molecule has 30 heavy (non-hydrogen) atoms. The first kappa shape index (κ1) is 18.8. The standard InChI is InChI=1S/C21H22N4O5/c22-19(26)11-5-7-23(8-6-11)15-4-3-14(10-16(15)25(29)30)24-20(27)17-12-1-2-13(9-12)18(17)21(24)28/h1-4,10-13,17-18H,5-9H2,(H2,22,26)/t12-,13-,17-,18+/m0/s1. The number of carbonyl (C=O) groups excluding carboxylic acids is 3. The number of amides is 3. The van der Waals surface area contributed by atoms with Gasteiger partial charge in [0.1, 0.15) is 5.69 Å². The maximum absolute atomic E-state index is 13.0. The summed E-state index contributed by atoms with van der Waals surface area (Å²) in [7, 11) is 0. The molecule has 2 N–H and O–H groups in total. The maximum atomic E-state index is 13.0. The summed E-state index contributed by atoms with van der Waals surface area (Å²) in [5.74, 6) is -1.61. The second-order valence-electron chi connectivity index (χ2n) is 8.61. The summed E-state index contributed by atoms with van der Waals surface area (Å²) in [5.41, 5.74) is 5.89. The topological polar surface area (TPSA) is 127 Å². The summed E-state index contributed by atoms with van der Waals surface area (Å²) in [6.07, 6.45) is 5.94. The van der Waals surface area contributed by atoms with Gasteiger partial charge < -0.3 is 10.6 Å². The minimum absolute atomic E-state index is 0.0854. The number of nitro benzene ring substituents is 1. The largest absolute Gasteiger partial charge is 0.369 e. The minimum Gasteiger partial charge on any atom is -0.369 e. The van der Waals surface area contributed by atoms with Gasteiger partial charge in [0.2, 0.25) is 17.7 Å². The number of piperidine rings is 1. The van der Waals surface area contributed by atoms with E-state index in [1.807, 2.05) is 17.1 Å². The molecule has 3 amide bonds. The van der Waals surface area contributed by atoms with Gasteiger partial charge >= 0.3 is 0 Å². The van der Waals surface area contributed by atoms with E-state index in [0.717, 1.165) is 11.3 Å². The maximum Gasteiger partial charge on any atom is 0.294 e. The van der Waals surface area contributed by atoms with Crippen molar-refractivity contribution in [2.45, 2.75) is 19.3 Å². The Morgan fingerprint density at radius 1 is 1.07 bits per heavy atom. The third kappa shape index (κ3) is 2.64. The molecule has 4 aliphatic rings. The molecule has 1 aromatic rings. The van der Waals surface area contributed by atoms with E-state index in [1.54, 1.807) is 12.1 Å². The van der Waals surface area contributed by atoms with Gasteiger partial charge in [0.25, 0.3) is 5.69 Å². The molecular formula is C21H22N4O5. The average molecular weight is 410 g/mol. The highest BCUT2D eigenvalue weighted by atomic mass is 16.6. The van der Waals surface area contributed by atoms with E-state index < -0.39 is 4.92 Å². The van der Waals surface area contributed by atoms with Gasteiger partial charge in [-0.05, 0) is 43.2 Å². The van der Waals surface area contributed by atoms with Crippen molar-refractivity contribution in [2.75, 3.05) is 22.9 Å². The third-order valence-electron chi connectivity index (χ3n) is 7.12. The predicted octanol–water partition coefficient (Wildman–Crippen LogP) is 1.61. The summed E-state index contributed by atoms with van der Waals surface area (Å²) >= 11 is 0. The Bertz CT molecular complexity index is 967. The Morgan fingerprint density at radius 3 is 2.20 bits per heavy atom. The second kappa shape index (κ2) is 6.65. The van der Waals surface area contributed by atoms with Crippen LogP contribution in [0, 0.1) is 39.7 Å². The first-order chi connectivity index (χ1) is 14.4. The highest BCUT2D eigenvalue weighted by Gasteiger charge is 2.59. The van der Waals surface area contributed by atoms with Crippen LogP contribution >= 0.6 is 0 Å². The molecule has 0 radical (unpaired) electrons. The van der Waals surface area contributed by atoms with Crippen molar-refractivity contribution in [1.82, 2.24) is 0 Å². The van der Waals surface area contributed by atoms with Crippen LogP contribution in [0.4, 0.5) is 17.1 Å². The summed E-state index contributed by atoms with van der Waals surface area (Å²) in [5, 5.41) is 11.8. The number of benzene rings is 1. The lowest BCUT2D eigenvalue weighted by Crippen LogP contribution is -2.39. The molecule has 5 rings (SSSR count). The van der Waals surface area contributed by atoms with Crippen molar-refractivity contribution in [2.24, 2.45) is 35.3 Å². The molecule has 0 unspecified atom stereocenters. The van der Waals surface area contributed by atoms with Crippen LogP contribution in [-0.2, 0) is 14.4 Å². The first-order valence-corrected chi connectivity index (χ1v) is 10.3. The Hall–Kier alpha value is -3.23. The van der Waals surface area contributed by atoms with Crippen LogP contribution in [0.2, 0.25) is 0 Å². The number of anilines is 2. The van der Waals surface area contributed by atoms with E-state index >= 15 is 0 Å². The number of allylic oxidation sites excluding steroid dienone is 2. The van der Waals surface area contributed by atoms with E-state index in [1.165, 1.54) is 6.07 Å². The van der Waals surface area contributed by atoms with Crippen LogP contribution in [0.5, 0.6) is 0 Å². The van der Waals surface area contributed by atoms with Crippen molar-refractivity contribution in [3.8, 4) is 0 Å². The Morgan fingerprint density at radius 2 is 1.67 bits per heavy atom. The predicted molar refractivity (Wildman–Crippen MR) is 107 cm³/mol. The molecule has 2 aliphatic heterocycles. The SMILES string of the molecule is NC(=O)C1CCN(c2ccc(N3C(=O)[C@@H]4[C@H](C3=O)[C@H]3C=C[C@H]4C3)cc2[N+](=O)[O-])CC1. The Balaban J connectivity index is 1.44. The molecule has 156 valence electrons. The second-order valence-corrected chi connectivity index (χ2v) is 8.61. The number of nitro groups is 1. The lowest BCUT2D eigenvalue weighted by molar-refractivity contribution is -0.384. The molecule has 1 saturated carbocycles. The van der Waals surface area contributed by atoms with Crippen LogP contribution < -0.4 is 15.5 Å². The lowest BCUT2D eigenvalue weighted by Gasteiger charge is -2.32. The fraction of sp³-hybridized carbons (Fsp3) is 0.476. The van der Waals surface area contributed by atoms with Gasteiger partial charge in [-0.3, -0.25) is 24.5 Å². The van der Waals surface area contributed by atoms with Gasteiger partial charge in [-0.2, -0.15) is 0 Å². The van der Waals surface area contributed by atoms with Crippen LogP contribution in [0.3, 0.4) is 0 Å². The van der Waals surface area contributed by atoms with Gasteiger partial charge in [-0.15, -0.1) is 0 Å². The summed E-state index contributed by atoms with van der Waals surface area (Å²) in [6, 6.07) is 4.52. The van der Waals surface area contributed by atoms with Gasteiger partial charge in [-0.1, -0.05) is 12.2 Å². The third-order valence-corrected chi connectivity index (χ3v) is 7.12. The van der Waals surface area contributed by atoms with Gasteiger partial charge in [0.05, 0.1) is 22.4 Å². The molecule has 0 spiro atoms.